The summed E-state index contributed by atoms with van der Waals surface area (Å²) in [6.45, 7) is -0.172. The third-order valence-electron chi connectivity index (χ3n) is 4.95. The molecule has 12 heteroatoms. The maximum Gasteiger partial charge on any atom is 0.433 e. The molecule has 0 aliphatic carbocycles. The molecule has 0 aromatic carbocycles. The van der Waals surface area contributed by atoms with E-state index in [1.54, 1.807) is 12.1 Å². The zero-order valence-electron chi connectivity index (χ0n) is 15.9. The summed E-state index contributed by atoms with van der Waals surface area (Å²) >= 11 is 0. The maximum atomic E-state index is 13.4. The van der Waals surface area contributed by atoms with E-state index in [1.165, 1.54) is 18.3 Å². The van der Waals surface area contributed by atoms with Crippen LogP contribution in [-0.2, 0) is 12.7 Å². The number of aromatic nitrogens is 4. The molecule has 4 rings (SSSR count). The van der Waals surface area contributed by atoms with E-state index in [0.29, 0.717) is 11.8 Å². The van der Waals surface area contributed by atoms with Crippen molar-refractivity contribution < 1.29 is 26.3 Å². The number of pyridine rings is 2. The normalized spacial score (nSPS) is 17.4. The number of fused-ring (bicyclic) bond motifs is 1. The van der Waals surface area contributed by atoms with E-state index in [1.807, 2.05) is 0 Å². The lowest BCUT2D eigenvalue weighted by Crippen LogP contribution is -2.42. The van der Waals surface area contributed by atoms with Crippen molar-refractivity contribution in [3.05, 3.63) is 47.9 Å². The van der Waals surface area contributed by atoms with Gasteiger partial charge in [-0.3, -0.25) is 4.98 Å². The quantitative estimate of drug-likeness (QED) is 0.597. The minimum absolute atomic E-state index is 0.0828. The topological polar surface area (TPSA) is 66.8 Å². The van der Waals surface area contributed by atoms with E-state index in [0.717, 1.165) is 11.1 Å². The van der Waals surface area contributed by atoms with Crippen molar-refractivity contribution in [2.75, 3.05) is 16.8 Å². The molecule has 31 heavy (non-hydrogen) atoms. The lowest BCUT2D eigenvalue weighted by Gasteiger charge is -2.27. The summed E-state index contributed by atoms with van der Waals surface area (Å²) in [5.74, 6) is -0.0753. The van der Waals surface area contributed by atoms with Gasteiger partial charge in [0, 0.05) is 31.0 Å². The summed E-state index contributed by atoms with van der Waals surface area (Å²) in [6, 6.07) is 4.08. The Hall–Kier alpha value is -3.18. The average molecular weight is 442 g/mol. The van der Waals surface area contributed by atoms with Crippen molar-refractivity contribution in [2.45, 2.75) is 37.8 Å². The van der Waals surface area contributed by atoms with Gasteiger partial charge in [-0.1, -0.05) is 6.07 Å². The number of nitrogens with one attached hydrogen (secondary N) is 1. The Balaban J connectivity index is 1.70. The van der Waals surface area contributed by atoms with E-state index in [2.05, 4.69) is 25.3 Å². The lowest BCUT2D eigenvalue weighted by atomic mass is 10.2. The van der Waals surface area contributed by atoms with Crippen molar-refractivity contribution >= 4 is 22.8 Å². The SMILES string of the molecule is FC(F)(F)c1ncccc1CNc1nc(N2CCCC2C(F)(F)F)nc2ncccc12. The van der Waals surface area contributed by atoms with Gasteiger partial charge in [0.15, 0.2) is 5.65 Å². The van der Waals surface area contributed by atoms with Gasteiger partial charge in [-0.15, -0.1) is 0 Å². The lowest BCUT2D eigenvalue weighted by molar-refractivity contribution is -0.146. The van der Waals surface area contributed by atoms with Crippen LogP contribution in [0.1, 0.15) is 24.1 Å². The number of alkyl halides is 6. The number of rotatable bonds is 4. The van der Waals surface area contributed by atoms with Gasteiger partial charge in [0.05, 0.1) is 5.39 Å². The second-order valence-corrected chi connectivity index (χ2v) is 7.00. The highest BCUT2D eigenvalue weighted by Crippen LogP contribution is 2.36. The van der Waals surface area contributed by atoms with Crippen LogP contribution in [0.25, 0.3) is 11.0 Å². The molecule has 0 radical (unpaired) electrons. The molecule has 3 aromatic rings. The molecular formula is C19H16F6N6. The van der Waals surface area contributed by atoms with Gasteiger partial charge in [0.1, 0.15) is 17.6 Å². The molecule has 1 aliphatic heterocycles. The Morgan fingerprint density at radius 1 is 1.00 bits per heavy atom. The molecule has 0 bridgehead atoms. The van der Waals surface area contributed by atoms with Gasteiger partial charge in [-0.2, -0.15) is 36.3 Å². The summed E-state index contributed by atoms with van der Waals surface area (Å²) < 4.78 is 79.8. The third kappa shape index (κ3) is 4.32. The second-order valence-electron chi connectivity index (χ2n) is 7.00. The Labute approximate surface area is 172 Å². The van der Waals surface area contributed by atoms with Crippen LogP contribution in [0.5, 0.6) is 0 Å². The van der Waals surface area contributed by atoms with Gasteiger partial charge in [0.25, 0.3) is 0 Å². The molecule has 6 nitrogen and oxygen atoms in total. The molecule has 4 heterocycles. The number of hydrogen-bond acceptors (Lipinski definition) is 6. The Bertz CT molecular complexity index is 1080. The number of halogens is 6. The van der Waals surface area contributed by atoms with Gasteiger partial charge in [-0.05, 0) is 31.0 Å². The summed E-state index contributed by atoms with van der Waals surface area (Å²) in [6.07, 6.45) is -6.39. The summed E-state index contributed by atoms with van der Waals surface area (Å²) in [5.41, 5.74) is -1.03. The predicted octanol–water partition coefficient (Wildman–Crippen LogP) is 4.58. The minimum atomic E-state index is -4.64. The molecule has 0 saturated carbocycles. The fraction of sp³-hybridized carbons (Fsp3) is 0.368. The monoisotopic (exact) mass is 442 g/mol. The molecule has 1 saturated heterocycles. The van der Waals surface area contributed by atoms with E-state index in [4.69, 9.17) is 0 Å². The predicted molar refractivity (Wildman–Crippen MR) is 100 cm³/mol. The van der Waals surface area contributed by atoms with Crippen molar-refractivity contribution in [1.82, 2.24) is 19.9 Å². The first-order valence-electron chi connectivity index (χ1n) is 9.35. The summed E-state index contributed by atoms with van der Waals surface area (Å²) in [4.78, 5) is 16.9. The highest BCUT2D eigenvalue weighted by Gasteiger charge is 2.47. The molecule has 1 fully saturated rings. The summed E-state index contributed by atoms with van der Waals surface area (Å²) in [7, 11) is 0. The van der Waals surface area contributed by atoms with Crippen LogP contribution in [0.2, 0.25) is 0 Å². The number of anilines is 2. The van der Waals surface area contributed by atoms with Crippen LogP contribution in [-0.4, -0.2) is 38.7 Å². The third-order valence-corrected chi connectivity index (χ3v) is 4.95. The van der Waals surface area contributed by atoms with Crippen LogP contribution in [0.15, 0.2) is 36.7 Å². The zero-order valence-corrected chi connectivity index (χ0v) is 15.9. The second kappa shape index (κ2) is 7.82. The van der Waals surface area contributed by atoms with Crippen LogP contribution in [0, 0.1) is 0 Å². The average Bonchev–Trinajstić information content (AvgIpc) is 3.22. The molecule has 1 unspecified atom stereocenters. The smallest absolute Gasteiger partial charge is 0.365 e. The zero-order chi connectivity index (χ0) is 22.2. The highest BCUT2D eigenvalue weighted by molar-refractivity contribution is 5.87. The molecule has 1 aliphatic rings. The fourth-order valence-electron chi connectivity index (χ4n) is 3.58. The molecule has 164 valence electrons. The molecule has 0 spiro atoms. The van der Waals surface area contributed by atoms with E-state index in [9.17, 15) is 26.3 Å². The first-order chi connectivity index (χ1) is 14.6. The molecule has 1 atom stereocenters. The number of hydrogen-bond donors (Lipinski definition) is 1. The van der Waals surface area contributed by atoms with Crippen LogP contribution >= 0.6 is 0 Å². The molecule has 1 N–H and O–H groups in total. The number of nitrogens with zero attached hydrogens (tertiary/aromatic N) is 5. The van der Waals surface area contributed by atoms with E-state index < -0.39 is 24.1 Å². The van der Waals surface area contributed by atoms with Gasteiger partial charge in [0.2, 0.25) is 5.95 Å². The largest absolute Gasteiger partial charge is 0.433 e. The van der Waals surface area contributed by atoms with Gasteiger partial charge >= 0.3 is 12.4 Å². The van der Waals surface area contributed by atoms with Crippen molar-refractivity contribution in [3.8, 4) is 0 Å². The van der Waals surface area contributed by atoms with Crippen LogP contribution in [0.4, 0.5) is 38.1 Å². The summed E-state index contributed by atoms with van der Waals surface area (Å²) in [5, 5.41) is 3.18. The molecule has 0 amide bonds. The van der Waals surface area contributed by atoms with E-state index >= 15 is 0 Å². The van der Waals surface area contributed by atoms with Crippen molar-refractivity contribution in [2.24, 2.45) is 0 Å². The molecular weight excluding hydrogens is 426 g/mol. The Morgan fingerprint density at radius 3 is 2.48 bits per heavy atom. The Morgan fingerprint density at radius 2 is 1.74 bits per heavy atom. The van der Waals surface area contributed by atoms with E-state index in [-0.39, 0.29) is 42.5 Å². The van der Waals surface area contributed by atoms with Crippen molar-refractivity contribution in [1.29, 1.82) is 0 Å². The Kier molecular flexibility index (Phi) is 5.31. The highest BCUT2D eigenvalue weighted by atomic mass is 19.4. The van der Waals surface area contributed by atoms with Crippen LogP contribution in [0.3, 0.4) is 0 Å². The minimum Gasteiger partial charge on any atom is -0.365 e. The van der Waals surface area contributed by atoms with Gasteiger partial charge < -0.3 is 10.2 Å². The first kappa shape index (κ1) is 21.1. The maximum absolute atomic E-state index is 13.4. The fourth-order valence-corrected chi connectivity index (χ4v) is 3.58. The molecule has 3 aromatic heterocycles. The first-order valence-corrected chi connectivity index (χ1v) is 9.35. The van der Waals surface area contributed by atoms with Crippen molar-refractivity contribution in [3.63, 3.8) is 0 Å². The van der Waals surface area contributed by atoms with Crippen LogP contribution < -0.4 is 10.2 Å². The standard InChI is InChI=1S/C19H16F6N6/c20-18(21,22)13-6-3-9-31(13)17-29-15-12(5-2-8-27-15)16(30-17)28-10-11-4-1-7-26-14(11)19(23,24)25/h1-2,4-5,7-8,13H,3,6,9-10H2,(H,27,28,29,30). The van der Waals surface area contributed by atoms with Gasteiger partial charge in [-0.25, -0.2) is 4.98 Å².